The van der Waals surface area contributed by atoms with Gasteiger partial charge < -0.3 is 4.74 Å². The van der Waals surface area contributed by atoms with E-state index in [1.165, 1.54) is 12.1 Å². The average molecular weight is 302 g/mol. The second-order valence-corrected chi connectivity index (χ2v) is 3.62. The Labute approximate surface area is 87.0 Å². The van der Waals surface area contributed by atoms with Crippen molar-refractivity contribution >= 4 is 22.6 Å². The first kappa shape index (κ1) is 10.6. The van der Waals surface area contributed by atoms with E-state index in [9.17, 15) is 13.2 Å². The third kappa shape index (κ3) is 3.41. The number of halogens is 4. The Hall–Kier alpha value is -0.460. The van der Waals surface area contributed by atoms with E-state index in [1.54, 1.807) is 6.07 Å². The highest BCUT2D eigenvalue weighted by molar-refractivity contribution is 14.1. The van der Waals surface area contributed by atoms with Crippen molar-refractivity contribution in [2.24, 2.45) is 0 Å². The third-order valence-corrected chi connectivity index (χ3v) is 2.54. The molecule has 0 aliphatic rings. The fraction of sp³-hybridized carbons (Fsp3) is 0.250. The van der Waals surface area contributed by atoms with Crippen LogP contribution in [-0.2, 0) is 0 Å². The summed E-state index contributed by atoms with van der Waals surface area (Å²) in [5.74, 6) is -0.178. The molecule has 0 spiro atoms. The van der Waals surface area contributed by atoms with Gasteiger partial charge in [0.1, 0.15) is 5.75 Å². The van der Waals surface area contributed by atoms with Crippen molar-refractivity contribution in [1.29, 1.82) is 0 Å². The number of rotatable bonds is 1. The Bertz CT molecular complexity index is 309. The van der Waals surface area contributed by atoms with Crippen LogP contribution in [0.3, 0.4) is 0 Å². The monoisotopic (exact) mass is 302 g/mol. The molecule has 1 rings (SSSR count). The van der Waals surface area contributed by atoms with Gasteiger partial charge in [-0.1, -0.05) is 6.07 Å². The van der Waals surface area contributed by atoms with Gasteiger partial charge in [-0.25, -0.2) is 0 Å². The summed E-state index contributed by atoms with van der Waals surface area (Å²) in [6.45, 7) is 1.82. The summed E-state index contributed by atoms with van der Waals surface area (Å²) < 4.78 is 39.7. The fourth-order valence-corrected chi connectivity index (χ4v) is 1.26. The zero-order chi connectivity index (χ0) is 10.1. The topological polar surface area (TPSA) is 9.23 Å². The van der Waals surface area contributed by atoms with Gasteiger partial charge in [-0.2, -0.15) is 0 Å². The number of ether oxygens (including phenoxy) is 1. The van der Waals surface area contributed by atoms with Crippen molar-refractivity contribution in [2.45, 2.75) is 13.3 Å². The van der Waals surface area contributed by atoms with Crippen molar-refractivity contribution in [3.05, 3.63) is 27.3 Å². The highest BCUT2D eigenvalue weighted by Crippen LogP contribution is 2.25. The minimum absolute atomic E-state index is 0.178. The first-order valence-electron chi connectivity index (χ1n) is 3.40. The van der Waals surface area contributed by atoms with Gasteiger partial charge in [0.25, 0.3) is 0 Å². The van der Waals surface area contributed by atoms with Crippen LogP contribution in [0.1, 0.15) is 5.56 Å². The molecule has 0 atom stereocenters. The molecule has 0 N–H and O–H groups in total. The number of hydrogen-bond acceptors (Lipinski definition) is 1. The Kier molecular flexibility index (Phi) is 3.05. The molecule has 0 heterocycles. The van der Waals surface area contributed by atoms with Crippen LogP contribution in [0, 0.1) is 10.5 Å². The number of hydrogen-bond donors (Lipinski definition) is 0. The van der Waals surface area contributed by atoms with E-state index in [0.29, 0.717) is 0 Å². The molecular formula is C8H6F3IO. The molecular weight excluding hydrogens is 296 g/mol. The van der Waals surface area contributed by atoms with Crippen LogP contribution in [-0.4, -0.2) is 6.36 Å². The molecule has 5 heteroatoms. The lowest BCUT2D eigenvalue weighted by Crippen LogP contribution is -2.17. The second kappa shape index (κ2) is 3.73. The molecule has 0 saturated carbocycles. The lowest BCUT2D eigenvalue weighted by Gasteiger charge is -2.09. The minimum Gasteiger partial charge on any atom is -0.406 e. The third-order valence-electron chi connectivity index (χ3n) is 1.38. The molecule has 0 unspecified atom stereocenters. The van der Waals surface area contributed by atoms with Crippen molar-refractivity contribution < 1.29 is 17.9 Å². The van der Waals surface area contributed by atoms with Crippen LogP contribution in [0.25, 0.3) is 0 Å². The predicted molar refractivity (Wildman–Crippen MR) is 50.6 cm³/mol. The highest BCUT2D eigenvalue weighted by Gasteiger charge is 2.31. The molecule has 1 aromatic carbocycles. The first-order valence-corrected chi connectivity index (χ1v) is 4.48. The SMILES string of the molecule is Cc1ccc(OC(F)(F)F)cc1I. The molecule has 13 heavy (non-hydrogen) atoms. The maximum absolute atomic E-state index is 11.7. The van der Waals surface area contributed by atoms with Crippen LogP contribution in [0.5, 0.6) is 5.75 Å². The lowest BCUT2D eigenvalue weighted by atomic mass is 10.2. The molecule has 0 aromatic heterocycles. The Morgan fingerprint density at radius 3 is 2.38 bits per heavy atom. The lowest BCUT2D eigenvalue weighted by molar-refractivity contribution is -0.274. The summed E-state index contributed by atoms with van der Waals surface area (Å²) in [7, 11) is 0. The van der Waals surface area contributed by atoms with Gasteiger partial charge in [-0.3, -0.25) is 0 Å². The van der Waals surface area contributed by atoms with Gasteiger partial charge in [-0.15, -0.1) is 13.2 Å². The largest absolute Gasteiger partial charge is 0.573 e. The fourth-order valence-electron chi connectivity index (χ4n) is 0.771. The van der Waals surface area contributed by atoms with Gasteiger partial charge >= 0.3 is 6.36 Å². The van der Waals surface area contributed by atoms with Crippen LogP contribution in [0.4, 0.5) is 13.2 Å². The summed E-state index contributed by atoms with van der Waals surface area (Å²) in [4.78, 5) is 0. The number of aryl methyl sites for hydroxylation is 1. The second-order valence-electron chi connectivity index (χ2n) is 2.46. The smallest absolute Gasteiger partial charge is 0.406 e. The molecule has 1 nitrogen and oxygen atoms in total. The summed E-state index contributed by atoms with van der Waals surface area (Å²) in [5.41, 5.74) is 0.926. The van der Waals surface area contributed by atoms with Crippen LogP contribution < -0.4 is 4.74 Å². The first-order chi connectivity index (χ1) is 5.88. The van der Waals surface area contributed by atoms with E-state index in [4.69, 9.17) is 0 Å². The summed E-state index contributed by atoms with van der Waals surface area (Å²) in [6, 6.07) is 4.23. The normalized spacial score (nSPS) is 11.5. The molecule has 0 fully saturated rings. The molecule has 0 amide bonds. The van der Waals surface area contributed by atoms with Crippen molar-refractivity contribution in [3.63, 3.8) is 0 Å². The molecule has 0 radical (unpaired) electrons. The molecule has 0 aliphatic heterocycles. The number of alkyl halides is 3. The van der Waals surface area contributed by atoms with Gasteiger partial charge in [0.05, 0.1) is 0 Å². The Morgan fingerprint density at radius 2 is 1.92 bits per heavy atom. The zero-order valence-electron chi connectivity index (χ0n) is 6.65. The molecule has 1 aromatic rings. The predicted octanol–water partition coefficient (Wildman–Crippen LogP) is 3.50. The molecule has 0 bridgehead atoms. The van der Waals surface area contributed by atoms with E-state index in [-0.39, 0.29) is 5.75 Å². The summed E-state index contributed by atoms with van der Waals surface area (Å²) in [5, 5.41) is 0. The van der Waals surface area contributed by atoms with Crippen molar-refractivity contribution in [1.82, 2.24) is 0 Å². The van der Waals surface area contributed by atoms with E-state index in [0.717, 1.165) is 9.13 Å². The highest BCUT2D eigenvalue weighted by atomic mass is 127. The Balaban J connectivity index is 2.86. The van der Waals surface area contributed by atoms with Crippen molar-refractivity contribution in [2.75, 3.05) is 0 Å². The van der Waals surface area contributed by atoms with Gasteiger partial charge in [0.15, 0.2) is 0 Å². The van der Waals surface area contributed by atoms with E-state index < -0.39 is 6.36 Å². The van der Waals surface area contributed by atoms with Gasteiger partial charge in [0.2, 0.25) is 0 Å². The molecule has 0 saturated heterocycles. The summed E-state index contributed by atoms with van der Waals surface area (Å²) in [6.07, 6.45) is -4.61. The van der Waals surface area contributed by atoms with Crippen LogP contribution >= 0.6 is 22.6 Å². The van der Waals surface area contributed by atoms with E-state index >= 15 is 0 Å². The molecule has 0 aliphatic carbocycles. The van der Waals surface area contributed by atoms with E-state index in [2.05, 4.69) is 4.74 Å². The van der Waals surface area contributed by atoms with Gasteiger partial charge in [0, 0.05) is 3.57 Å². The average Bonchev–Trinajstić information content (AvgIpc) is 1.94. The van der Waals surface area contributed by atoms with Crippen LogP contribution in [0.2, 0.25) is 0 Å². The standard InChI is InChI=1S/C8H6F3IO/c1-5-2-3-6(4-7(5)12)13-8(9,10)11/h2-4H,1H3. The number of benzene rings is 1. The maximum atomic E-state index is 11.7. The van der Waals surface area contributed by atoms with Crippen molar-refractivity contribution in [3.8, 4) is 5.75 Å². The summed E-state index contributed by atoms with van der Waals surface area (Å²) >= 11 is 1.95. The maximum Gasteiger partial charge on any atom is 0.573 e. The van der Waals surface area contributed by atoms with Crippen LogP contribution in [0.15, 0.2) is 18.2 Å². The quantitative estimate of drug-likeness (QED) is 0.722. The van der Waals surface area contributed by atoms with E-state index in [1.807, 2.05) is 29.5 Å². The minimum atomic E-state index is -4.61. The Morgan fingerprint density at radius 1 is 1.31 bits per heavy atom. The zero-order valence-corrected chi connectivity index (χ0v) is 8.81. The molecule has 72 valence electrons. The van der Waals surface area contributed by atoms with Gasteiger partial charge in [-0.05, 0) is 47.2 Å².